The van der Waals surface area contributed by atoms with E-state index >= 15 is 0 Å². The Balaban J connectivity index is 0.000000514. The maximum Gasteiger partial charge on any atom is 0.140 e. The SMILES string of the molecule is CC.CC(C)c1cncc2cc(C3CC3)oc12. The van der Waals surface area contributed by atoms with Crippen molar-refractivity contribution in [2.45, 2.75) is 52.4 Å². The van der Waals surface area contributed by atoms with E-state index in [9.17, 15) is 0 Å². The van der Waals surface area contributed by atoms with Crippen molar-refractivity contribution in [3.05, 3.63) is 29.8 Å². The molecule has 0 spiro atoms. The molecule has 2 heterocycles. The lowest BCUT2D eigenvalue weighted by Crippen LogP contribution is -1.88. The Bertz CT molecular complexity index is 495. The molecule has 3 rings (SSSR count). The molecule has 2 nitrogen and oxygen atoms in total. The van der Waals surface area contributed by atoms with Gasteiger partial charge in [-0.1, -0.05) is 27.7 Å². The predicted octanol–water partition coefficient (Wildman–Crippen LogP) is 4.85. The summed E-state index contributed by atoms with van der Waals surface area (Å²) in [6.45, 7) is 8.35. The second-order valence-corrected chi connectivity index (χ2v) is 4.72. The molecule has 0 saturated heterocycles. The van der Waals surface area contributed by atoms with Crippen LogP contribution >= 0.6 is 0 Å². The van der Waals surface area contributed by atoms with Gasteiger partial charge in [0.05, 0.1) is 0 Å². The molecule has 2 aromatic rings. The van der Waals surface area contributed by atoms with Gasteiger partial charge in [0.25, 0.3) is 0 Å². The highest BCUT2D eigenvalue weighted by Gasteiger charge is 2.27. The van der Waals surface area contributed by atoms with Crippen LogP contribution in [0.4, 0.5) is 0 Å². The number of fused-ring (bicyclic) bond motifs is 1. The van der Waals surface area contributed by atoms with Gasteiger partial charge in [-0.15, -0.1) is 0 Å². The molecule has 0 radical (unpaired) electrons. The lowest BCUT2D eigenvalue weighted by Gasteiger charge is -2.03. The molecule has 0 unspecified atom stereocenters. The second kappa shape index (κ2) is 4.91. The van der Waals surface area contributed by atoms with Crippen molar-refractivity contribution in [2.75, 3.05) is 0 Å². The van der Waals surface area contributed by atoms with Crippen molar-refractivity contribution in [1.29, 1.82) is 0 Å². The molecule has 2 heteroatoms. The molecule has 1 aliphatic rings. The minimum absolute atomic E-state index is 0.472. The smallest absolute Gasteiger partial charge is 0.140 e. The van der Waals surface area contributed by atoms with Crippen LogP contribution in [0.2, 0.25) is 0 Å². The highest BCUT2D eigenvalue weighted by molar-refractivity contribution is 5.80. The fourth-order valence-electron chi connectivity index (χ4n) is 1.98. The molecule has 0 atom stereocenters. The van der Waals surface area contributed by atoms with Gasteiger partial charge in [-0.05, 0) is 24.8 Å². The van der Waals surface area contributed by atoms with E-state index in [4.69, 9.17) is 4.42 Å². The number of pyridine rings is 1. The van der Waals surface area contributed by atoms with Gasteiger partial charge in [-0.2, -0.15) is 0 Å². The first-order valence-electron chi connectivity index (χ1n) is 6.63. The van der Waals surface area contributed by atoms with Crippen LogP contribution in [0.1, 0.15) is 63.7 Å². The fraction of sp³-hybridized carbons (Fsp3) is 0.533. The highest BCUT2D eigenvalue weighted by Crippen LogP contribution is 2.42. The van der Waals surface area contributed by atoms with Crippen LogP contribution in [0.15, 0.2) is 22.9 Å². The van der Waals surface area contributed by atoms with E-state index in [0.29, 0.717) is 11.8 Å². The average molecular weight is 231 g/mol. The zero-order chi connectivity index (χ0) is 12.4. The summed E-state index contributed by atoms with van der Waals surface area (Å²) in [4.78, 5) is 4.27. The first kappa shape index (κ1) is 12.2. The Morgan fingerprint density at radius 1 is 1.24 bits per heavy atom. The quantitative estimate of drug-likeness (QED) is 0.738. The van der Waals surface area contributed by atoms with Gasteiger partial charge in [-0.25, -0.2) is 0 Å². The fourth-order valence-corrected chi connectivity index (χ4v) is 1.98. The maximum atomic E-state index is 5.94. The molecule has 92 valence electrons. The van der Waals surface area contributed by atoms with Crippen LogP contribution in [0.3, 0.4) is 0 Å². The Labute approximate surface area is 103 Å². The monoisotopic (exact) mass is 231 g/mol. The third-order valence-corrected chi connectivity index (χ3v) is 3.07. The zero-order valence-corrected chi connectivity index (χ0v) is 11.2. The average Bonchev–Trinajstić information content (AvgIpc) is 3.10. The Morgan fingerprint density at radius 2 is 1.94 bits per heavy atom. The Hall–Kier alpha value is -1.31. The number of hydrogen-bond donors (Lipinski definition) is 0. The molecule has 0 N–H and O–H groups in total. The number of hydrogen-bond acceptors (Lipinski definition) is 2. The Morgan fingerprint density at radius 3 is 2.53 bits per heavy atom. The van der Waals surface area contributed by atoms with Crippen LogP contribution < -0.4 is 0 Å². The molecule has 17 heavy (non-hydrogen) atoms. The normalized spacial score (nSPS) is 14.9. The standard InChI is InChI=1S/C13H15NO.C2H6/c1-8(2)11-7-14-6-10-5-12(9-3-4-9)15-13(10)11;1-2/h5-9H,3-4H2,1-2H3;1-2H3. The van der Waals surface area contributed by atoms with Crippen LogP contribution in [0.5, 0.6) is 0 Å². The van der Waals surface area contributed by atoms with Gasteiger partial charge in [0, 0.05) is 29.3 Å². The summed E-state index contributed by atoms with van der Waals surface area (Å²) >= 11 is 0. The van der Waals surface area contributed by atoms with Crippen LogP contribution in [0.25, 0.3) is 11.0 Å². The van der Waals surface area contributed by atoms with Gasteiger partial charge in [0.15, 0.2) is 0 Å². The van der Waals surface area contributed by atoms with Crippen LogP contribution in [0, 0.1) is 0 Å². The summed E-state index contributed by atoms with van der Waals surface area (Å²) in [6.07, 6.45) is 6.39. The largest absolute Gasteiger partial charge is 0.460 e. The summed E-state index contributed by atoms with van der Waals surface area (Å²) in [5.74, 6) is 2.30. The van der Waals surface area contributed by atoms with Crippen LogP contribution in [-0.2, 0) is 0 Å². The van der Waals surface area contributed by atoms with E-state index in [-0.39, 0.29) is 0 Å². The van der Waals surface area contributed by atoms with Gasteiger partial charge >= 0.3 is 0 Å². The maximum absolute atomic E-state index is 5.94. The van der Waals surface area contributed by atoms with E-state index in [1.807, 2.05) is 26.2 Å². The summed E-state index contributed by atoms with van der Waals surface area (Å²) in [7, 11) is 0. The summed E-state index contributed by atoms with van der Waals surface area (Å²) < 4.78 is 5.94. The Kier molecular flexibility index (Phi) is 3.51. The molecule has 0 aromatic carbocycles. The van der Waals surface area contributed by atoms with Gasteiger partial charge < -0.3 is 4.42 Å². The minimum Gasteiger partial charge on any atom is -0.460 e. The summed E-state index contributed by atoms with van der Waals surface area (Å²) in [5.41, 5.74) is 2.27. The molecule has 0 amide bonds. The lowest BCUT2D eigenvalue weighted by molar-refractivity contribution is 0.546. The summed E-state index contributed by atoms with van der Waals surface area (Å²) in [6, 6.07) is 2.16. The van der Waals surface area contributed by atoms with Crippen molar-refractivity contribution >= 4 is 11.0 Å². The number of aromatic nitrogens is 1. The highest BCUT2D eigenvalue weighted by atomic mass is 16.3. The predicted molar refractivity (Wildman–Crippen MR) is 71.4 cm³/mol. The molecule has 0 aliphatic heterocycles. The topological polar surface area (TPSA) is 26.0 Å². The van der Waals surface area contributed by atoms with Crippen LogP contribution in [-0.4, -0.2) is 4.98 Å². The molecule has 1 fully saturated rings. The van der Waals surface area contributed by atoms with E-state index in [1.54, 1.807) is 0 Å². The van der Waals surface area contributed by atoms with Gasteiger partial charge in [0.2, 0.25) is 0 Å². The number of nitrogens with zero attached hydrogens (tertiary/aromatic N) is 1. The third kappa shape index (κ3) is 2.36. The summed E-state index contributed by atoms with van der Waals surface area (Å²) in [5, 5.41) is 1.16. The van der Waals surface area contributed by atoms with Crippen molar-refractivity contribution in [3.63, 3.8) is 0 Å². The molecular weight excluding hydrogens is 210 g/mol. The molecule has 1 saturated carbocycles. The second-order valence-electron chi connectivity index (χ2n) is 4.72. The van der Waals surface area contributed by atoms with E-state index < -0.39 is 0 Å². The molecular formula is C15H21NO. The van der Waals surface area contributed by atoms with Gasteiger partial charge in [0.1, 0.15) is 11.3 Å². The van der Waals surface area contributed by atoms with Crippen molar-refractivity contribution < 1.29 is 4.42 Å². The first-order chi connectivity index (χ1) is 8.25. The zero-order valence-electron chi connectivity index (χ0n) is 11.2. The molecule has 0 bridgehead atoms. The lowest BCUT2D eigenvalue weighted by atomic mass is 10.0. The molecule has 2 aromatic heterocycles. The third-order valence-electron chi connectivity index (χ3n) is 3.07. The van der Waals surface area contributed by atoms with Gasteiger partial charge in [-0.3, -0.25) is 4.98 Å². The van der Waals surface area contributed by atoms with Crippen molar-refractivity contribution in [2.24, 2.45) is 0 Å². The van der Waals surface area contributed by atoms with Crippen molar-refractivity contribution in [3.8, 4) is 0 Å². The first-order valence-corrected chi connectivity index (χ1v) is 6.63. The van der Waals surface area contributed by atoms with E-state index in [1.165, 1.54) is 18.4 Å². The molecule has 1 aliphatic carbocycles. The number of rotatable bonds is 2. The van der Waals surface area contributed by atoms with E-state index in [0.717, 1.165) is 16.7 Å². The minimum atomic E-state index is 0.472. The van der Waals surface area contributed by atoms with Crippen molar-refractivity contribution in [1.82, 2.24) is 4.98 Å². The van der Waals surface area contributed by atoms with E-state index in [2.05, 4.69) is 24.9 Å². The number of furan rings is 1.